The van der Waals surface area contributed by atoms with Crippen LogP contribution in [0.3, 0.4) is 0 Å². The van der Waals surface area contributed by atoms with Crippen molar-refractivity contribution in [3.05, 3.63) is 29.3 Å². The van der Waals surface area contributed by atoms with Gasteiger partial charge in [-0.25, -0.2) is 0 Å². The van der Waals surface area contributed by atoms with Crippen molar-refractivity contribution in [2.45, 2.75) is 70.8 Å². The summed E-state index contributed by atoms with van der Waals surface area (Å²) in [5.74, 6) is -0.153. The zero-order valence-corrected chi connectivity index (χ0v) is 17.7. The van der Waals surface area contributed by atoms with Crippen molar-refractivity contribution in [1.82, 2.24) is 4.90 Å². The Morgan fingerprint density at radius 2 is 2.04 bits per heavy atom. The lowest BCUT2D eigenvalue weighted by Gasteiger charge is -2.38. The maximum Gasteiger partial charge on any atom is 0.311 e. The minimum atomic E-state index is -0.711. The van der Waals surface area contributed by atoms with E-state index >= 15 is 0 Å². The fourth-order valence-corrected chi connectivity index (χ4v) is 4.41. The second-order valence-corrected chi connectivity index (χ2v) is 8.55. The number of carbonyl (C=O) groups is 1. The lowest BCUT2D eigenvalue weighted by atomic mass is 9.78. The molecule has 2 aliphatic heterocycles. The first kappa shape index (κ1) is 22.0. The van der Waals surface area contributed by atoms with E-state index in [9.17, 15) is 9.90 Å². The van der Waals surface area contributed by atoms with Crippen LogP contribution < -0.4 is 4.74 Å². The maximum atomic E-state index is 12.2. The monoisotopic (exact) mass is 395 g/mol. The third-order valence-electron chi connectivity index (χ3n) is 6.03. The normalized spacial score (nSPS) is 20.9. The first-order valence-electron chi connectivity index (χ1n) is 10.2. The molecule has 1 aromatic rings. The van der Waals surface area contributed by atoms with E-state index in [-0.39, 0.29) is 23.9 Å². The molecule has 1 aromatic carbocycles. The summed E-state index contributed by atoms with van der Waals surface area (Å²) in [6.45, 7) is 9.56. The number of aliphatic carboxylic acids is 1. The Kier molecular flexibility index (Phi) is 7.58. The van der Waals surface area contributed by atoms with E-state index in [1.807, 2.05) is 12.1 Å². The molecule has 2 heterocycles. The third kappa shape index (κ3) is 5.17. The Morgan fingerprint density at radius 1 is 1.33 bits per heavy atom. The summed E-state index contributed by atoms with van der Waals surface area (Å²) in [7, 11) is 0. The molecule has 3 rings (SSSR count). The summed E-state index contributed by atoms with van der Waals surface area (Å²) in [5.41, 5.74) is 1.82. The van der Waals surface area contributed by atoms with E-state index in [0.29, 0.717) is 0 Å². The molecule has 1 unspecified atom stereocenters. The van der Waals surface area contributed by atoms with Gasteiger partial charge in [0.1, 0.15) is 11.4 Å². The number of carboxylic acids is 1. The quantitative estimate of drug-likeness (QED) is 0.744. The second kappa shape index (κ2) is 9.29. The van der Waals surface area contributed by atoms with Gasteiger partial charge in [0, 0.05) is 5.56 Å². The predicted molar refractivity (Wildman–Crippen MR) is 111 cm³/mol. The lowest BCUT2D eigenvalue weighted by molar-refractivity contribution is -0.140. The van der Waals surface area contributed by atoms with Gasteiger partial charge >= 0.3 is 5.97 Å². The van der Waals surface area contributed by atoms with Crippen molar-refractivity contribution in [3.8, 4) is 5.75 Å². The first-order valence-corrected chi connectivity index (χ1v) is 10.2. The van der Waals surface area contributed by atoms with Gasteiger partial charge < -0.3 is 14.7 Å². The topological polar surface area (TPSA) is 49.8 Å². The molecule has 0 bridgehead atoms. The van der Waals surface area contributed by atoms with Crippen molar-refractivity contribution in [2.75, 3.05) is 19.6 Å². The van der Waals surface area contributed by atoms with Crippen LogP contribution in [0.15, 0.2) is 18.2 Å². The Labute approximate surface area is 169 Å². The van der Waals surface area contributed by atoms with Crippen LogP contribution in [0.1, 0.15) is 69.9 Å². The molecule has 0 aromatic heterocycles. The number of benzene rings is 1. The zero-order valence-electron chi connectivity index (χ0n) is 16.9. The highest BCUT2D eigenvalue weighted by Gasteiger charge is 2.37. The molecule has 0 saturated carbocycles. The van der Waals surface area contributed by atoms with E-state index in [2.05, 4.69) is 31.7 Å². The molecular formula is C22H34ClNO3. The van der Waals surface area contributed by atoms with E-state index < -0.39 is 11.9 Å². The van der Waals surface area contributed by atoms with Gasteiger partial charge in [0.15, 0.2) is 0 Å². The largest absolute Gasteiger partial charge is 0.487 e. The SMILES string of the molecule is CCCCN1CCC(C(C(=O)O)c2cccc3c2OC(C)(C)CC3)CC1.Cl. The number of hydrogen-bond acceptors (Lipinski definition) is 3. The summed E-state index contributed by atoms with van der Waals surface area (Å²) in [5, 5.41) is 10.0. The minimum absolute atomic E-state index is 0. The highest BCUT2D eigenvalue weighted by molar-refractivity contribution is 5.85. The predicted octanol–water partition coefficient (Wildman–Crippen LogP) is 4.89. The number of halogens is 1. The van der Waals surface area contributed by atoms with Gasteiger partial charge in [0.25, 0.3) is 0 Å². The molecule has 2 aliphatic rings. The molecule has 1 fully saturated rings. The molecule has 0 amide bonds. The molecule has 0 radical (unpaired) electrons. The second-order valence-electron chi connectivity index (χ2n) is 8.55. The van der Waals surface area contributed by atoms with Crippen molar-refractivity contribution in [3.63, 3.8) is 0 Å². The number of piperidine rings is 1. The number of aryl methyl sites for hydroxylation is 1. The average molecular weight is 396 g/mol. The Balaban J connectivity index is 0.00000261. The fraction of sp³-hybridized carbons (Fsp3) is 0.682. The van der Waals surface area contributed by atoms with Gasteiger partial charge in [-0.2, -0.15) is 0 Å². The van der Waals surface area contributed by atoms with Crippen LogP contribution in [0.2, 0.25) is 0 Å². The molecule has 5 heteroatoms. The molecule has 27 heavy (non-hydrogen) atoms. The van der Waals surface area contributed by atoms with E-state index in [1.54, 1.807) is 0 Å². The summed E-state index contributed by atoms with van der Waals surface area (Å²) >= 11 is 0. The first-order chi connectivity index (χ1) is 12.4. The van der Waals surface area contributed by atoms with Gasteiger partial charge in [-0.1, -0.05) is 31.5 Å². The zero-order chi connectivity index (χ0) is 18.7. The van der Waals surface area contributed by atoms with Crippen LogP contribution >= 0.6 is 12.4 Å². The van der Waals surface area contributed by atoms with Gasteiger partial charge in [0.2, 0.25) is 0 Å². The van der Waals surface area contributed by atoms with Crippen LogP contribution in [0.4, 0.5) is 0 Å². The number of fused-ring (bicyclic) bond motifs is 1. The van der Waals surface area contributed by atoms with Crippen LogP contribution in [-0.4, -0.2) is 41.2 Å². The number of nitrogens with zero attached hydrogens (tertiary/aromatic N) is 1. The average Bonchev–Trinajstić information content (AvgIpc) is 2.61. The van der Waals surface area contributed by atoms with E-state index in [4.69, 9.17) is 4.74 Å². The molecule has 1 saturated heterocycles. The van der Waals surface area contributed by atoms with Crippen LogP contribution in [0.25, 0.3) is 0 Å². The summed E-state index contributed by atoms with van der Waals surface area (Å²) in [6.07, 6.45) is 6.26. The van der Waals surface area contributed by atoms with Gasteiger partial charge in [0.05, 0.1) is 5.92 Å². The van der Waals surface area contributed by atoms with Gasteiger partial charge in [-0.15, -0.1) is 12.4 Å². The number of carboxylic acid groups (broad SMARTS) is 1. The van der Waals surface area contributed by atoms with Gasteiger partial charge in [-0.05, 0) is 77.1 Å². The summed E-state index contributed by atoms with van der Waals surface area (Å²) in [4.78, 5) is 14.7. The molecule has 4 nitrogen and oxygen atoms in total. The van der Waals surface area contributed by atoms with Crippen molar-refractivity contribution in [2.24, 2.45) is 5.92 Å². The van der Waals surface area contributed by atoms with Crippen LogP contribution in [0.5, 0.6) is 5.75 Å². The number of unbranched alkanes of at least 4 members (excludes halogenated alkanes) is 1. The Hall–Kier alpha value is -1.26. The molecule has 0 aliphatic carbocycles. The Morgan fingerprint density at radius 3 is 2.67 bits per heavy atom. The van der Waals surface area contributed by atoms with Crippen molar-refractivity contribution in [1.29, 1.82) is 0 Å². The van der Waals surface area contributed by atoms with Crippen molar-refractivity contribution < 1.29 is 14.6 Å². The number of hydrogen-bond donors (Lipinski definition) is 1. The number of para-hydroxylation sites is 1. The number of rotatable bonds is 6. The lowest BCUT2D eigenvalue weighted by Crippen LogP contribution is -2.38. The molecule has 0 spiro atoms. The highest BCUT2D eigenvalue weighted by atomic mass is 35.5. The number of ether oxygens (including phenoxy) is 1. The smallest absolute Gasteiger partial charge is 0.311 e. The molecule has 152 valence electrons. The molecule has 1 atom stereocenters. The highest BCUT2D eigenvalue weighted by Crippen LogP contribution is 2.43. The summed E-state index contributed by atoms with van der Waals surface area (Å²) < 4.78 is 6.27. The fourth-order valence-electron chi connectivity index (χ4n) is 4.41. The van der Waals surface area contributed by atoms with Crippen LogP contribution in [0, 0.1) is 5.92 Å². The minimum Gasteiger partial charge on any atom is -0.487 e. The molecule has 1 N–H and O–H groups in total. The van der Waals surface area contributed by atoms with E-state index in [1.165, 1.54) is 12.8 Å². The Bertz CT molecular complexity index is 638. The number of likely N-dealkylation sites (tertiary alicyclic amines) is 1. The van der Waals surface area contributed by atoms with E-state index in [0.717, 1.165) is 62.2 Å². The van der Waals surface area contributed by atoms with Crippen molar-refractivity contribution >= 4 is 18.4 Å². The standard InChI is InChI=1S/C22H33NO3.ClH/c1-4-5-13-23-14-10-16(11-15-23)19(21(24)25)18-8-6-7-17-9-12-22(2,3)26-20(17)18;/h6-8,16,19H,4-5,9-15H2,1-3H3,(H,24,25);1H. The molecular weight excluding hydrogens is 362 g/mol. The summed E-state index contributed by atoms with van der Waals surface area (Å²) in [6, 6.07) is 6.06. The maximum absolute atomic E-state index is 12.2. The van der Waals surface area contributed by atoms with Crippen LogP contribution in [-0.2, 0) is 11.2 Å². The van der Waals surface area contributed by atoms with Gasteiger partial charge in [-0.3, -0.25) is 4.79 Å². The third-order valence-corrected chi connectivity index (χ3v) is 6.03.